The third-order valence-corrected chi connectivity index (χ3v) is 23.9. The largest absolute Gasteiger partial charge is 0.477 e. The minimum Gasteiger partial charge on any atom is -0.477 e. The van der Waals surface area contributed by atoms with Gasteiger partial charge in [0.25, 0.3) is 0 Å². The van der Waals surface area contributed by atoms with Gasteiger partial charge >= 0.3 is 17.9 Å². The van der Waals surface area contributed by atoms with Crippen molar-refractivity contribution in [3.05, 3.63) is 124 Å². The highest BCUT2D eigenvalue weighted by molar-refractivity contribution is 7.18. The van der Waals surface area contributed by atoms with E-state index in [-0.39, 0.29) is 64.4 Å². The molecule has 3 aromatic heterocycles. The van der Waals surface area contributed by atoms with Gasteiger partial charge in [0, 0.05) is 76.7 Å². The van der Waals surface area contributed by atoms with E-state index in [1.54, 1.807) is 14.7 Å². The van der Waals surface area contributed by atoms with E-state index in [2.05, 4.69) is 38.5 Å². The smallest absolute Gasteiger partial charge is 0.350 e. The van der Waals surface area contributed by atoms with Gasteiger partial charge in [-0.3, -0.25) is 14.4 Å². The molecule has 3 saturated carbocycles. The van der Waals surface area contributed by atoms with E-state index in [1.807, 2.05) is 119 Å². The number of anilines is 3. The number of hydrogen-bond acceptors (Lipinski definition) is 16. The van der Waals surface area contributed by atoms with Gasteiger partial charge in [0.15, 0.2) is 12.4 Å². The number of nitriles is 2. The maximum atomic E-state index is 14.0. The minimum absolute atomic E-state index is 0.0271. The van der Waals surface area contributed by atoms with Crippen LogP contribution < -0.4 is 20.0 Å². The van der Waals surface area contributed by atoms with Gasteiger partial charge in [-0.2, -0.15) is 10.5 Å². The minimum atomic E-state index is -1.00. The summed E-state index contributed by atoms with van der Waals surface area (Å²) in [6.07, 6.45) is 20.7. The molecule has 0 radical (unpaired) electrons. The molecule has 2 N–H and O–H groups in total. The first kappa shape index (κ1) is 70.9. The summed E-state index contributed by atoms with van der Waals surface area (Å²) in [5, 5.41) is 31.9. The van der Waals surface area contributed by atoms with Gasteiger partial charge in [0.2, 0.25) is 17.7 Å². The van der Waals surface area contributed by atoms with Crippen molar-refractivity contribution < 1.29 is 43.3 Å². The van der Waals surface area contributed by atoms with Crippen molar-refractivity contribution in [1.82, 2.24) is 15.1 Å². The van der Waals surface area contributed by atoms with E-state index in [0.717, 1.165) is 140 Å². The van der Waals surface area contributed by atoms with Crippen molar-refractivity contribution in [2.24, 2.45) is 35.5 Å². The summed E-state index contributed by atoms with van der Waals surface area (Å²) in [5.41, 5.74) is 4.91. The van der Waals surface area contributed by atoms with Crippen LogP contribution in [0.15, 0.2) is 109 Å². The van der Waals surface area contributed by atoms with Gasteiger partial charge in [-0.15, -0.1) is 34.0 Å². The first-order valence-corrected chi connectivity index (χ1v) is 37.0. The molecule has 0 bridgehead atoms. The lowest BCUT2D eigenvalue weighted by atomic mass is 9.82. The van der Waals surface area contributed by atoms with Crippen LogP contribution in [0, 0.1) is 58.4 Å². The number of carboxylic acids is 1. The number of carbonyl (C=O) groups excluding carboxylic acids is 5. The van der Waals surface area contributed by atoms with Crippen molar-refractivity contribution in [1.29, 1.82) is 10.5 Å². The second-order valence-corrected chi connectivity index (χ2v) is 30.1. The van der Waals surface area contributed by atoms with E-state index in [4.69, 9.17) is 9.47 Å². The molecule has 0 spiro atoms. The lowest BCUT2D eigenvalue weighted by Crippen LogP contribution is -2.49. The summed E-state index contributed by atoms with van der Waals surface area (Å²) < 4.78 is 10.2. The monoisotopic (exact) mass is 1360 g/mol. The maximum absolute atomic E-state index is 14.0. The Morgan fingerprint density at radius 3 is 1.00 bits per heavy atom. The summed E-state index contributed by atoms with van der Waals surface area (Å²) in [6.45, 7) is 10.9. The molecule has 17 nitrogen and oxygen atoms in total. The molecule has 12 rings (SSSR count). The summed E-state index contributed by atoms with van der Waals surface area (Å²) in [5.74, 6) is 0.467. The maximum Gasteiger partial charge on any atom is 0.350 e. The van der Waals surface area contributed by atoms with E-state index in [9.17, 15) is 44.4 Å². The number of esters is 2. The Bertz CT molecular complexity index is 3670. The van der Waals surface area contributed by atoms with Crippen LogP contribution in [0.2, 0.25) is 0 Å². The molecular formula is C76H92N8O9S3. The van der Waals surface area contributed by atoms with Gasteiger partial charge < -0.3 is 44.4 Å². The fraction of sp³-hybridized carbons (Fsp3) is 0.500. The Balaban J connectivity index is 0.000000157. The van der Waals surface area contributed by atoms with E-state index in [0.29, 0.717) is 90.7 Å². The Morgan fingerprint density at radius 2 is 0.719 bits per heavy atom. The molecule has 6 aliphatic rings. The highest BCUT2D eigenvalue weighted by Crippen LogP contribution is 2.45. The number of hydrogen-bond donors (Lipinski definition) is 2. The molecule has 3 aliphatic carbocycles. The average Bonchev–Trinajstić information content (AvgIpc) is 1.61. The molecule has 6 heterocycles. The molecule has 0 atom stereocenters. The number of carboxylic acid groups (broad SMARTS) is 1. The zero-order valence-electron chi connectivity index (χ0n) is 56.1. The predicted molar refractivity (Wildman–Crippen MR) is 381 cm³/mol. The van der Waals surface area contributed by atoms with E-state index < -0.39 is 11.9 Å². The topological polar surface area (TPSA) is 217 Å². The third kappa shape index (κ3) is 17.3. The number of nitrogens with one attached hydrogen (secondary N) is 1. The summed E-state index contributed by atoms with van der Waals surface area (Å²) in [7, 11) is 2.79. The molecule has 3 aromatic carbocycles. The molecule has 508 valence electrons. The Morgan fingerprint density at radius 1 is 0.438 bits per heavy atom. The highest BCUT2D eigenvalue weighted by atomic mass is 32.1. The van der Waals surface area contributed by atoms with Crippen LogP contribution in [-0.2, 0) is 23.9 Å². The summed E-state index contributed by atoms with van der Waals surface area (Å²) in [6, 6.07) is 35.5. The Kier molecular flexibility index (Phi) is 25.0. The fourth-order valence-electron chi connectivity index (χ4n) is 14.7. The normalized spacial score (nSPS) is 21.7. The average molecular weight is 1360 g/mol. The Hall–Kier alpha value is -7.88. The van der Waals surface area contributed by atoms with Gasteiger partial charge in [-0.1, -0.05) is 112 Å². The number of piperidine rings is 3. The van der Waals surface area contributed by atoms with Gasteiger partial charge in [0.1, 0.15) is 14.6 Å². The third-order valence-electron chi connectivity index (χ3n) is 20.5. The molecule has 6 aromatic rings. The van der Waals surface area contributed by atoms with E-state index in [1.165, 1.54) is 48.2 Å². The molecular weight excluding hydrogens is 1270 g/mol. The summed E-state index contributed by atoms with van der Waals surface area (Å²) >= 11 is 4.02. The van der Waals surface area contributed by atoms with Gasteiger partial charge in [0.05, 0.1) is 31.3 Å². The number of benzene rings is 3. The lowest BCUT2D eigenvalue weighted by Gasteiger charge is -2.39. The molecule has 0 unspecified atom stereocenters. The number of likely N-dealkylation sites (tertiary alicyclic amines) is 2. The van der Waals surface area contributed by atoms with Crippen LogP contribution in [0.5, 0.6) is 0 Å². The van der Waals surface area contributed by atoms with Crippen molar-refractivity contribution >= 4 is 86.7 Å². The molecule has 3 amide bonds. The van der Waals surface area contributed by atoms with Crippen LogP contribution in [0.25, 0.3) is 31.3 Å². The van der Waals surface area contributed by atoms with Crippen LogP contribution in [0.3, 0.4) is 0 Å². The second-order valence-electron chi connectivity index (χ2n) is 27.0. The number of rotatable bonds is 15. The highest BCUT2D eigenvalue weighted by Gasteiger charge is 2.41. The lowest BCUT2D eigenvalue weighted by molar-refractivity contribution is -0.125. The molecule has 6 fully saturated rings. The predicted octanol–water partition coefficient (Wildman–Crippen LogP) is 15.6. The molecule has 3 aliphatic heterocycles. The zero-order chi connectivity index (χ0) is 67.8. The molecule has 20 heteroatoms. The SMILES string of the molecule is CC1CCC(C(=O)N(c2cc(-c3ccccc3)sc2C(=O)O)C2CCN(C#N)CC2)CC1.COC(=O)c1sc(-c2ccccc2)cc1N(C(=O)C1CCC(C)CC1)C1CCN(C#N)CC1.COC(=O)c1sc(-c2ccccc2)cc1N(C(=O)C1CCC(C)CC1)C1CCNCC1. The van der Waals surface area contributed by atoms with Crippen LogP contribution in [0.1, 0.15) is 165 Å². The van der Waals surface area contributed by atoms with Gasteiger partial charge in [-0.25, -0.2) is 14.4 Å². The second kappa shape index (κ2) is 33.9. The first-order chi connectivity index (χ1) is 46.6. The number of ether oxygens (including phenoxy) is 2. The van der Waals surface area contributed by atoms with Crippen molar-refractivity contribution in [3.8, 4) is 43.7 Å². The number of aromatic carboxylic acids is 1. The fourth-order valence-corrected chi connectivity index (χ4v) is 17.8. The van der Waals surface area contributed by atoms with Gasteiger partial charge in [-0.05, 0) is 181 Å². The number of thiophene rings is 3. The summed E-state index contributed by atoms with van der Waals surface area (Å²) in [4.78, 5) is 92.5. The number of amides is 3. The quantitative estimate of drug-likeness (QED) is 0.0722. The van der Waals surface area contributed by atoms with Crippen LogP contribution in [0.4, 0.5) is 17.1 Å². The zero-order valence-corrected chi connectivity index (χ0v) is 58.6. The first-order valence-electron chi connectivity index (χ1n) is 34.5. The number of methoxy groups -OCH3 is 2. The van der Waals surface area contributed by atoms with Crippen molar-refractivity contribution in [3.63, 3.8) is 0 Å². The van der Waals surface area contributed by atoms with Crippen LogP contribution >= 0.6 is 34.0 Å². The standard InChI is InChI=1S/C26H31N3O3S.C25H29N3O3S.C25H32N2O3S/c1-18-8-10-20(11-9-18)25(30)29(21-12-14-28(17-27)15-13-21)22-16-23(19-6-4-3-5-7-19)33-24(22)26(31)32-2;1-17-7-9-19(10-8-17)24(29)28(20-11-13-27(16-26)14-12-20)21-15-22(32-23(21)25(30)31)18-5-3-2-4-6-18;1-17-8-10-19(11-9-17)24(28)27(20-12-14-26-15-13-20)21-16-22(18-6-4-3-5-7-18)31-23(21)25(29)30-2/h3-7,16,18,20-21H,8-15H2,1-2H3;2-6,15,17,19-20H,7-14H2,1H3,(H,30,31);3-7,16-17,19-20,26H,8-15H2,1-2H3. The van der Waals surface area contributed by atoms with Crippen molar-refractivity contribution in [2.75, 3.05) is 68.2 Å². The Labute approximate surface area is 578 Å². The molecule has 3 saturated heterocycles. The van der Waals surface area contributed by atoms with Crippen LogP contribution in [-0.4, -0.2) is 122 Å². The number of carbonyl (C=O) groups is 6. The van der Waals surface area contributed by atoms with E-state index >= 15 is 0 Å². The molecule has 96 heavy (non-hydrogen) atoms. The van der Waals surface area contributed by atoms with Crippen molar-refractivity contribution in [2.45, 2.75) is 154 Å². The number of nitrogens with zero attached hydrogens (tertiary/aromatic N) is 7.